The summed E-state index contributed by atoms with van der Waals surface area (Å²) in [5, 5.41) is 1.99. The molecule has 0 bridgehead atoms. The SMILES string of the molecule is Cc1cc(C(N)c2csc(Cl)c2)sn1. The highest BCUT2D eigenvalue weighted by Crippen LogP contribution is 2.29. The summed E-state index contributed by atoms with van der Waals surface area (Å²) >= 11 is 8.80. The van der Waals surface area contributed by atoms with Crippen molar-refractivity contribution in [3.05, 3.63) is 38.0 Å². The van der Waals surface area contributed by atoms with Crippen LogP contribution >= 0.6 is 34.5 Å². The Labute approximate surface area is 95.5 Å². The number of halogens is 1. The molecule has 2 aromatic rings. The Morgan fingerprint density at radius 2 is 2.29 bits per heavy atom. The van der Waals surface area contributed by atoms with Crippen LogP contribution in [-0.4, -0.2) is 4.37 Å². The minimum absolute atomic E-state index is 0.0926. The predicted octanol–water partition coefficient (Wildman–Crippen LogP) is 3.21. The van der Waals surface area contributed by atoms with Crippen LogP contribution in [-0.2, 0) is 0 Å². The normalized spacial score (nSPS) is 13.1. The summed E-state index contributed by atoms with van der Waals surface area (Å²) in [6.07, 6.45) is 0. The van der Waals surface area contributed by atoms with Crippen LogP contribution in [0.5, 0.6) is 0 Å². The van der Waals surface area contributed by atoms with E-state index in [1.54, 1.807) is 0 Å². The first-order valence-corrected chi connectivity index (χ1v) is 6.12. The van der Waals surface area contributed by atoms with Gasteiger partial charge in [0.15, 0.2) is 0 Å². The Hall–Kier alpha value is -0.420. The van der Waals surface area contributed by atoms with Crippen LogP contribution in [0.3, 0.4) is 0 Å². The smallest absolute Gasteiger partial charge is 0.0931 e. The van der Waals surface area contributed by atoms with Crippen molar-refractivity contribution in [2.24, 2.45) is 5.73 Å². The van der Waals surface area contributed by atoms with Crippen molar-refractivity contribution in [1.82, 2.24) is 4.37 Å². The van der Waals surface area contributed by atoms with E-state index in [1.165, 1.54) is 22.9 Å². The second-order valence-electron chi connectivity index (χ2n) is 3.03. The summed E-state index contributed by atoms with van der Waals surface area (Å²) in [7, 11) is 0. The molecule has 2 rings (SSSR count). The first kappa shape index (κ1) is 10.1. The van der Waals surface area contributed by atoms with Gasteiger partial charge in [0.25, 0.3) is 0 Å². The van der Waals surface area contributed by atoms with Gasteiger partial charge in [-0.3, -0.25) is 0 Å². The molecule has 0 radical (unpaired) electrons. The second-order valence-corrected chi connectivity index (χ2v) is 5.41. The lowest BCUT2D eigenvalue weighted by Gasteiger charge is -2.04. The van der Waals surface area contributed by atoms with Crippen molar-refractivity contribution in [2.75, 3.05) is 0 Å². The topological polar surface area (TPSA) is 38.9 Å². The molecule has 0 spiro atoms. The number of thiophene rings is 1. The summed E-state index contributed by atoms with van der Waals surface area (Å²) in [4.78, 5) is 1.08. The van der Waals surface area contributed by atoms with E-state index in [2.05, 4.69) is 4.37 Å². The van der Waals surface area contributed by atoms with Gasteiger partial charge in [0.2, 0.25) is 0 Å². The first-order chi connectivity index (χ1) is 6.66. The first-order valence-electron chi connectivity index (χ1n) is 4.09. The lowest BCUT2D eigenvalue weighted by atomic mass is 10.1. The standard InChI is InChI=1S/C9H9ClN2S2/c1-5-2-7(14-12-5)9(11)6-3-8(10)13-4-6/h2-4,9H,11H2,1H3. The highest BCUT2D eigenvalue weighted by atomic mass is 35.5. The van der Waals surface area contributed by atoms with Gasteiger partial charge in [0.1, 0.15) is 0 Å². The van der Waals surface area contributed by atoms with Gasteiger partial charge in [0.05, 0.1) is 16.1 Å². The maximum absolute atomic E-state index is 6.06. The monoisotopic (exact) mass is 244 g/mol. The fraction of sp³-hybridized carbons (Fsp3) is 0.222. The van der Waals surface area contributed by atoms with Gasteiger partial charge >= 0.3 is 0 Å². The van der Waals surface area contributed by atoms with E-state index in [9.17, 15) is 0 Å². The van der Waals surface area contributed by atoms with E-state index in [0.717, 1.165) is 20.5 Å². The Morgan fingerprint density at radius 3 is 2.79 bits per heavy atom. The molecule has 0 saturated carbocycles. The highest BCUT2D eigenvalue weighted by molar-refractivity contribution is 7.14. The van der Waals surface area contributed by atoms with Gasteiger partial charge < -0.3 is 5.73 Å². The van der Waals surface area contributed by atoms with Crippen molar-refractivity contribution in [3.63, 3.8) is 0 Å². The van der Waals surface area contributed by atoms with E-state index in [4.69, 9.17) is 17.3 Å². The average Bonchev–Trinajstić information content (AvgIpc) is 2.73. The van der Waals surface area contributed by atoms with Crippen LogP contribution in [0.2, 0.25) is 4.34 Å². The third kappa shape index (κ3) is 1.98. The molecule has 0 fully saturated rings. The molecule has 2 heterocycles. The predicted molar refractivity (Wildman–Crippen MR) is 62.2 cm³/mol. The van der Waals surface area contributed by atoms with Crippen LogP contribution in [0, 0.1) is 6.92 Å². The van der Waals surface area contributed by atoms with Crippen molar-refractivity contribution in [1.29, 1.82) is 0 Å². The molecule has 0 aliphatic rings. The molecule has 1 atom stereocenters. The van der Waals surface area contributed by atoms with Crippen LogP contribution < -0.4 is 5.73 Å². The van der Waals surface area contributed by atoms with E-state index in [-0.39, 0.29) is 6.04 Å². The van der Waals surface area contributed by atoms with E-state index >= 15 is 0 Å². The third-order valence-corrected chi connectivity index (χ3v) is 3.97. The summed E-state index contributed by atoms with van der Waals surface area (Å²) in [5.74, 6) is 0. The molecule has 14 heavy (non-hydrogen) atoms. The Morgan fingerprint density at radius 1 is 1.50 bits per heavy atom. The number of nitrogens with two attached hydrogens (primary N) is 1. The number of aromatic nitrogens is 1. The average molecular weight is 245 g/mol. The van der Waals surface area contributed by atoms with Crippen molar-refractivity contribution in [2.45, 2.75) is 13.0 Å². The minimum Gasteiger partial charge on any atom is -0.320 e. The summed E-state index contributed by atoms with van der Waals surface area (Å²) in [6, 6.07) is 3.83. The number of hydrogen-bond acceptors (Lipinski definition) is 4. The molecule has 0 aliphatic heterocycles. The highest BCUT2D eigenvalue weighted by Gasteiger charge is 2.12. The van der Waals surface area contributed by atoms with E-state index < -0.39 is 0 Å². The zero-order valence-corrected chi connectivity index (χ0v) is 9.92. The Bertz CT molecular complexity index is 395. The van der Waals surface area contributed by atoms with Crippen LogP contribution in [0.1, 0.15) is 22.2 Å². The number of hydrogen-bond donors (Lipinski definition) is 1. The van der Waals surface area contributed by atoms with E-state index in [1.807, 2.05) is 24.4 Å². The van der Waals surface area contributed by atoms with Crippen LogP contribution in [0.15, 0.2) is 17.5 Å². The van der Waals surface area contributed by atoms with Gasteiger partial charge in [-0.1, -0.05) is 11.6 Å². The lowest BCUT2D eigenvalue weighted by Crippen LogP contribution is -2.08. The van der Waals surface area contributed by atoms with Crippen molar-refractivity contribution in [3.8, 4) is 0 Å². The Kier molecular flexibility index (Phi) is 2.88. The maximum Gasteiger partial charge on any atom is 0.0931 e. The molecule has 0 saturated heterocycles. The maximum atomic E-state index is 6.06. The van der Waals surface area contributed by atoms with Crippen LogP contribution in [0.25, 0.3) is 0 Å². The molecule has 0 aliphatic carbocycles. The molecule has 74 valence electrons. The van der Waals surface area contributed by atoms with Gasteiger partial charge in [0, 0.05) is 4.88 Å². The number of rotatable bonds is 2. The molecule has 0 aromatic carbocycles. The molecule has 1 unspecified atom stereocenters. The van der Waals surface area contributed by atoms with E-state index in [0.29, 0.717) is 0 Å². The molecule has 2 nitrogen and oxygen atoms in total. The molecule has 2 N–H and O–H groups in total. The van der Waals surface area contributed by atoms with Crippen molar-refractivity contribution < 1.29 is 0 Å². The largest absolute Gasteiger partial charge is 0.320 e. The van der Waals surface area contributed by atoms with Crippen molar-refractivity contribution >= 4 is 34.5 Å². The summed E-state index contributed by atoms with van der Waals surface area (Å²) in [5.41, 5.74) is 8.14. The quantitative estimate of drug-likeness (QED) is 0.881. The Balaban J connectivity index is 2.28. The minimum atomic E-state index is -0.0926. The van der Waals surface area contributed by atoms with Crippen LogP contribution in [0.4, 0.5) is 0 Å². The molecular formula is C9H9ClN2S2. The summed E-state index contributed by atoms with van der Waals surface area (Å²) in [6.45, 7) is 1.97. The number of nitrogens with zero attached hydrogens (tertiary/aromatic N) is 1. The van der Waals surface area contributed by atoms with Gasteiger partial charge in [-0.05, 0) is 41.5 Å². The molecular weight excluding hydrogens is 236 g/mol. The lowest BCUT2D eigenvalue weighted by molar-refractivity contribution is 0.898. The van der Waals surface area contributed by atoms with Gasteiger partial charge in [-0.15, -0.1) is 11.3 Å². The van der Waals surface area contributed by atoms with Gasteiger partial charge in [-0.25, -0.2) is 0 Å². The fourth-order valence-corrected chi connectivity index (χ4v) is 2.88. The molecule has 0 amide bonds. The summed E-state index contributed by atoms with van der Waals surface area (Å²) < 4.78 is 4.98. The van der Waals surface area contributed by atoms with Gasteiger partial charge in [-0.2, -0.15) is 4.37 Å². The molecule has 5 heteroatoms. The third-order valence-electron chi connectivity index (χ3n) is 1.90. The zero-order valence-electron chi connectivity index (χ0n) is 7.53. The molecule has 2 aromatic heterocycles. The second kappa shape index (κ2) is 3.98. The number of aryl methyl sites for hydroxylation is 1. The fourth-order valence-electron chi connectivity index (χ4n) is 1.18. The zero-order chi connectivity index (χ0) is 10.1.